The molecule has 1 aliphatic rings. The predicted octanol–water partition coefficient (Wildman–Crippen LogP) is 2.58. The van der Waals surface area contributed by atoms with E-state index >= 15 is 0 Å². The van der Waals surface area contributed by atoms with Crippen LogP contribution in [0.5, 0.6) is 0 Å². The van der Waals surface area contributed by atoms with E-state index in [1.165, 1.54) is 4.90 Å². The molecule has 1 aromatic carbocycles. The summed E-state index contributed by atoms with van der Waals surface area (Å²) >= 11 is 0. The number of nitrogens with zero attached hydrogens (tertiary/aromatic N) is 2. The van der Waals surface area contributed by atoms with E-state index in [4.69, 9.17) is 9.26 Å². The minimum atomic E-state index is -0.450. The van der Waals surface area contributed by atoms with Gasteiger partial charge in [-0.05, 0) is 25.1 Å². The number of ether oxygens (including phenoxy) is 1. The van der Waals surface area contributed by atoms with E-state index in [0.29, 0.717) is 36.1 Å². The number of cyclic esters (lactones) is 1. The van der Waals surface area contributed by atoms with Crippen molar-refractivity contribution in [2.75, 3.05) is 28.7 Å². The Balaban J connectivity index is 1.67. The average Bonchev–Trinajstić information content (AvgIpc) is 3.07. The molecule has 1 fully saturated rings. The summed E-state index contributed by atoms with van der Waals surface area (Å²) in [5, 5.41) is 8.89. The average molecular weight is 302 g/mol. The zero-order valence-corrected chi connectivity index (χ0v) is 11.8. The highest BCUT2D eigenvalue weighted by Gasteiger charge is 2.23. The minimum absolute atomic E-state index is 0.328. The molecule has 3 amide bonds. The fourth-order valence-electron chi connectivity index (χ4n) is 2.08. The number of carbonyl (C=O) groups is 2. The maximum Gasteiger partial charge on any atom is 0.414 e. The van der Waals surface area contributed by atoms with Crippen molar-refractivity contribution in [3.8, 4) is 0 Å². The van der Waals surface area contributed by atoms with Gasteiger partial charge >= 0.3 is 12.1 Å². The third-order valence-corrected chi connectivity index (χ3v) is 3.05. The summed E-state index contributed by atoms with van der Waals surface area (Å²) < 4.78 is 9.75. The van der Waals surface area contributed by atoms with E-state index in [9.17, 15) is 9.59 Å². The number of rotatable bonds is 3. The number of hydrogen-bond acceptors (Lipinski definition) is 5. The molecule has 22 heavy (non-hydrogen) atoms. The molecule has 0 unspecified atom stereocenters. The van der Waals surface area contributed by atoms with Crippen molar-refractivity contribution >= 4 is 29.3 Å². The van der Waals surface area contributed by atoms with Crippen LogP contribution in [0.25, 0.3) is 0 Å². The molecule has 0 bridgehead atoms. The molecule has 0 aliphatic carbocycles. The first-order valence-corrected chi connectivity index (χ1v) is 6.67. The maximum absolute atomic E-state index is 11.9. The van der Waals surface area contributed by atoms with Gasteiger partial charge in [0.25, 0.3) is 0 Å². The van der Waals surface area contributed by atoms with Gasteiger partial charge in [-0.3, -0.25) is 10.2 Å². The van der Waals surface area contributed by atoms with Crippen LogP contribution in [-0.2, 0) is 4.74 Å². The maximum atomic E-state index is 11.9. The minimum Gasteiger partial charge on any atom is -0.447 e. The Morgan fingerprint density at radius 3 is 2.86 bits per heavy atom. The predicted molar refractivity (Wildman–Crippen MR) is 79.0 cm³/mol. The number of aryl methyl sites for hydroxylation is 1. The summed E-state index contributed by atoms with van der Waals surface area (Å²) in [5.74, 6) is 0.930. The van der Waals surface area contributed by atoms with Crippen LogP contribution in [0.2, 0.25) is 0 Å². The van der Waals surface area contributed by atoms with Gasteiger partial charge in [0.15, 0.2) is 5.82 Å². The van der Waals surface area contributed by atoms with Gasteiger partial charge in [-0.1, -0.05) is 11.2 Å². The molecule has 1 aromatic heterocycles. The third kappa shape index (κ3) is 3.00. The molecule has 8 heteroatoms. The van der Waals surface area contributed by atoms with Crippen molar-refractivity contribution < 1.29 is 18.8 Å². The summed E-state index contributed by atoms with van der Waals surface area (Å²) in [6.45, 7) is 2.59. The zero-order valence-electron chi connectivity index (χ0n) is 11.8. The van der Waals surface area contributed by atoms with Gasteiger partial charge in [0.05, 0.1) is 6.54 Å². The van der Waals surface area contributed by atoms with Crippen LogP contribution >= 0.6 is 0 Å². The largest absolute Gasteiger partial charge is 0.447 e. The lowest BCUT2D eigenvalue weighted by atomic mass is 10.2. The van der Waals surface area contributed by atoms with Gasteiger partial charge in [0, 0.05) is 17.4 Å². The van der Waals surface area contributed by atoms with Crippen LogP contribution < -0.4 is 15.5 Å². The summed E-state index contributed by atoms with van der Waals surface area (Å²) in [7, 11) is 0. The summed E-state index contributed by atoms with van der Waals surface area (Å²) in [6, 6.07) is 8.09. The van der Waals surface area contributed by atoms with Crippen LogP contribution in [0.3, 0.4) is 0 Å². The number of anilines is 3. The van der Waals surface area contributed by atoms with E-state index in [1.807, 2.05) is 0 Å². The Morgan fingerprint density at radius 1 is 1.32 bits per heavy atom. The van der Waals surface area contributed by atoms with Crippen LogP contribution in [0.4, 0.5) is 26.8 Å². The van der Waals surface area contributed by atoms with Gasteiger partial charge in [0.2, 0.25) is 0 Å². The molecular formula is C14H14N4O4. The van der Waals surface area contributed by atoms with Crippen molar-refractivity contribution in [1.29, 1.82) is 0 Å². The summed E-state index contributed by atoms with van der Waals surface area (Å²) in [6.07, 6.45) is -0.389. The Labute approximate surface area is 126 Å². The molecule has 2 heterocycles. The van der Waals surface area contributed by atoms with Crippen LogP contribution in [0.1, 0.15) is 5.76 Å². The quantitative estimate of drug-likeness (QED) is 0.908. The van der Waals surface area contributed by atoms with Crippen molar-refractivity contribution in [2.24, 2.45) is 0 Å². The fourth-order valence-corrected chi connectivity index (χ4v) is 2.08. The van der Waals surface area contributed by atoms with Crippen LogP contribution in [0.15, 0.2) is 34.9 Å². The van der Waals surface area contributed by atoms with Gasteiger partial charge in [-0.15, -0.1) is 0 Å². The molecule has 3 rings (SSSR count). The fraction of sp³-hybridized carbons (Fsp3) is 0.214. The standard InChI is InChI=1S/C14H14N4O4/c1-9-7-12(17-22-9)16-13(19)15-10-3-2-4-11(8-10)18-5-6-21-14(18)20/h2-4,7-8H,5-6H2,1H3,(H2,15,16,17,19). The second kappa shape index (κ2) is 5.76. The van der Waals surface area contributed by atoms with Crippen molar-refractivity contribution in [1.82, 2.24) is 5.16 Å². The number of carbonyl (C=O) groups excluding carboxylic acids is 2. The second-order valence-corrected chi connectivity index (χ2v) is 4.72. The highest BCUT2D eigenvalue weighted by molar-refractivity contribution is 6.00. The van der Waals surface area contributed by atoms with Gasteiger partial charge < -0.3 is 14.6 Å². The lowest BCUT2D eigenvalue weighted by Crippen LogP contribution is -2.24. The van der Waals surface area contributed by atoms with Gasteiger partial charge in [-0.2, -0.15) is 0 Å². The molecule has 0 radical (unpaired) electrons. The van der Waals surface area contributed by atoms with E-state index in [-0.39, 0.29) is 6.09 Å². The van der Waals surface area contributed by atoms with Gasteiger partial charge in [-0.25, -0.2) is 9.59 Å². The third-order valence-electron chi connectivity index (χ3n) is 3.05. The van der Waals surface area contributed by atoms with E-state index < -0.39 is 6.03 Å². The molecule has 0 atom stereocenters. The summed E-state index contributed by atoms with van der Waals surface area (Å²) in [4.78, 5) is 24.9. The van der Waals surface area contributed by atoms with Crippen molar-refractivity contribution in [3.63, 3.8) is 0 Å². The van der Waals surface area contributed by atoms with Crippen molar-refractivity contribution in [2.45, 2.75) is 6.92 Å². The molecule has 1 saturated heterocycles. The summed E-state index contributed by atoms with van der Waals surface area (Å²) in [5.41, 5.74) is 1.22. The number of amides is 3. The number of benzene rings is 1. The second-order valence-electron chi connectivity index (χ2n) is 4.72. The Morgan fingerprint density at radius 2 is 2.18 bits per heavy atom. The Bertz CT molecular complexity index is 712. The number of nitrogens with one attached hydrogen (secondary N) is 2. The molecular weight excluding hydrogens is 288 g/mol. The first kappa shape index (κ1) is 13.9. The first-order valence-electron chi connectivity index (χ1n) is 6.67. The first-order chi connectivity index (χ1) is 10.6. The topological polar surface area (TPSA) is 96.7 Å². The van der Waals surface area contributed by atoms with E-state index in [2.05, 4.69) is 15.8 Å². The Kier molecular flexibility index (Phi) is 3.65. The smallest absolute Gasteiger partial charge is 0.414 e. The molecule has 2 N–H and O–H groups in total. The number of urea groups is 1. The van der Waals surface area contributed by atoms with E-state index in [0.717, 1.165) is 0 Å². The highest BCUT2D eigenvalue weighted by Crippen LogP contribution is 2.22. The molecule has 114 valence electrons. The van der Waals surface area contributed by atoms with E-state index in [1.54, 1.807) is 37.3 Å². The molecule has 1 aliphatic heterocycles. The number of aromatic nitrogens is 1. The molecule has 0 spiro atoms. The SMILES string of the molecule is Cc1cc(NC(=O)Nc2cccc(N3CCOC3=O)c2)no1. The highest BCUT2D eigenvalue weighted by atomic mass is 16.6. The normalized spacial score (nSPS) is 13.9. The lowest BCUT2D eigenvalue weighted by molar-refractivity contribution is 0.181. The Hall–Kier alpha value is -3.03. The molecule has 0 saturated carbocycles. The number of hydrogen-bond donors (Lipinski definition) is 2. The van der Waals surface area contributed by atoms with Crippen LogP contribution in [-0.4, -0.2) is 30.4 Å². The molecule has 8 nitrogen and oxygen atoms in total. The van der Waals surface area contributed by atoms with Crippen LogP contribution in [0, 0.1) is 6.92 Å². The van der Waals surface area contributed by atoms with Gasteiger partial charge in [0.1, 0.15) is 12.4 Å². The zero-order chi connectivity index (χ0) is 15.5. The monoisotopic (exact) mass is 302 g/mol. The lowest BCUT2D eigenvalue weighted by Gasteiger charge is -2.14. The molecule has 2 aromatic rings. The van der Waals surface area contributed by atoms with Crippen molar-refractivity contribution in [3.05, 3.63) is 36.1 Å².